The summed E-state index contributed by atoms with van der Waals surface area (Å²) >= 11 is 0. The molecule has 1 saturated heterocycles. The molecule has 0 bridgehead atoms. The van der Waals surface area contributed by atoms with Crippen LogP contribution in [-0.4, -0.2) is 18.0 Å². The van der Waals surface area contributed by atoms with Crippen LogP contribution in [0, 0.1) is 0 Å². The zero-order valence-electron chi connectivity index (χ0n) is 10.6. The van der Waals surface area contributed by atoms with Gasteiger partial charge in [0, 0.05) is 13.1 Å². The second kappa shape index (κ2) is 5.36. The summed E-state index contributed by atoms with van der Waals surface area (Å²) < 4.78 is 0. The van der Waals surface area contributed by atoms with Crippen LogP contribution in [0.4, 0.5) is 0 Å². The van der Waals surface area contributed by atoms with E-state index in [0.717, 1.165) is 12.5 Å². The molecule has 0 N–H and O–H groups in total. The van der Waals surface area contributed by atoms with Gasteiger partial charge in [0.1, 0.15) is 0 Å². The molecule has 18 heavy (non-hydrogen) atoms. The summed E-state index contributed by atoms with van der Waals surface area (Å²) in [6.45, 7) is 3.50. The zero-order valence-corrected chi connectivity index (χ0v) is 10.6. The quantitative estimate of drug-likeness (QED) is 0.787. The molecule has 1 heterocycles. The minimum atomic E-state index is 0.718. The maximum absolute atomic E-state index is 2.56. The van der Waals surface area contributed by atoms with Crippen molar-refractivity contribution in [2.45, 2.75) is 18.9 Å². The van der Waals surface area contributed by atoms with E-state index >= 15 is 0 Å². The molecule has 92 valence electrons. The monoisotopic (exact) mass is 237 g/mol. The van der Waals surface area contributed by atoms with Crippen molar-refractivity contribution in [1.82, 2.24) is 4.90 Å². The number of nitrogens with zero attached hydrogens (tertiary/aromatic N) is 1. The van der Waals surface area contributed by atoms with E-state index in [1.807, 2.05) is 0 Å². The van der Waals surface area contributed by atoms with Gasteiger partial charge in [0.05, 0.1) is 0 Å². The van der Waals surface area contributed by atoms with E-state index in [9.17, 15) is 0 Å². The minimum absolute atomic E-state index is 0.718. The van der Waals surface area contributed by atoms with E-state index in [4.69, 9.17) is 0 Å². The molecule has 1 nitrogen and oxygen atoms in total. The fourth-order valence-corrected chi connectivity index (χ4v) is 2.82. The number of hydrogen-bond donors (Lipinski definition) is 0. The number of benzene rings is 2. The standard InChI is InChI=1S/C17H19N/c1-3-7-15(8-4-1)13-18-12-11-17(14-18)16-9-5-2-6-10-16/h1-10,17H,11-14H2/t17-/m0/s1. The molecule has 0 amide bonds. The van der Waals surface area contributed by atoms with Crippen molar-refractivity contribution in [3.63, 3.8) is 0 Å². The molecule has 1 aliphatic heterocycles. The highest BCUT2D eigenvalue weighted by atomic mass is 15.1. The van der Waals surface area contributed by atoms with Crippen LogP contribution in [0.15, 0.2) is 60.7 Å². The lowest BCUT2D eigenvalue weighted by Gasteiger charge is -2.16. The molecule has 3 rings (SSSR count). The van der Waals surface area contributed by atoms with Crippen LogP contribution in [0.2, 0.25) is 0 Å². The van der Waals surface area contributed by atoms with E-state index in [2.05, 4.69) is 65.6 Å². The smallest absolute Gasteiger partial charge is 0.0233 e. The molecule has 1 atom stereocenters. The van der Waals surface area contributed by atoms with Crippen molar-refractivity contribution in [3.8, 4) is 0 Å². The number of hydrogen-bond acceptors (Lipinski definition) is 1. The van der Waals surface area contributed by atoms with Gasteiger partial charge in [0.2, 0.25) is 0 Å². The topological polar surface area (TPSA) is 3.24 Å². The zero-order chi connectivity index (χ0) is 12.2. The molecule has 2 aromatic carbocycles. The Morgan fingerprint density at radius 3 is 2.28 bits per heavy atom. The lowest BCUT2D eigenvalue weighted by molar-refractivity contribution is 0.327. The highest BCUT2D eigenvalue weighted by molar-refractivity contribution is 5.21. The molecule has 1 heteroatoms. The Hall–Kier alpha value is -1.60. The third kappa shape index (κ3) is 2.62. The Kier molecular flexibility index (Phi) is 3.42. The fourth-order valence-electron chi connectivity index (χ4n) is 2.82. The summed E-state index contributed by atoms with van der Waals surface area (Å²) in [5.74, 6) is 0.718. The third-order valence-corrected chi connectivity index (χ3v) is 3.79. The first kappa shape index (κ1) is 11.5. The molecule has 0 aromatic heterocycles. The molecule has 0 unspecified atom stereocenters. The Balaban J connectivity index is 1.62. The van der Waals surface area contributed by atoms with E-state index < -0.39 is 0 Å². The van der Waals surface area contributed by atoms with Gasteiger partial charge >= 0.3 is 0 Å². The molecule has 0 aliphatic carbocycles. The Morgan fingerprint density at radius 1 is 0.889 bits per heavy atom. The second-order valence-corrected chi connectivity index (χ2v) is 5.12. The van der Waals surface area contributed by atoms with Crippen LogP contribution >= 0.6 is 0 Å². The minimum Gasteiger partial charge on any atom is -0.298 e. The van der Waals surface area contributed by atoms with Crippen LogP contribution in [0.25, 0.3) is 0 Å². The van der Waals surface area contributed by atoms with Crippen LogP contribution < -0.4 is 0 Å². The molecule has 0 saturated carbocycles. The van der Waals surface area contributed by atoms with Gasteiger partial charge in [-0.2, -0.15) is 0 Å². The SMILES string of the molecule is c1ccc(CN2CC[C@H](c3ccccc3)C2)cc1. The van der Waals surface area contributed by atoms with Crippen molar-refractivity contribution in [3.05, 3.63) is 71.8 Å². The summed E-state index contributed by atoms with van der Waals surface area (Å²) in [4.78, 5) is 2.56. The Morgan fingerprint density at radius 2 is 1.56 bits per heavy atom. The average Bonchev–Trinajstić information content (AvgIpc) is 2.89. The van der Waals surface area contributed by atoms with Gasteiger partial charge in [-0.05, 0) is 30.0 Å². The largest absolute Gasteiger partial charge is 0.298 e. The normalized spacial score (nSPS) is 20.1. The first-order valence-corrected chi connectivity index (χ1v) is 6.73. The van der Waals surface area contributed by atoms with Crippen molar-refractivity contribution in [1.29, 1.82) is 0 Å². The van der Waals surface area contributed by atoms with Crippen LogP contribution in [0.5, 0.6) is 0 Å². The Labute approximate surface area is 109 Å². The van der Waals surface area contributed by atoms with E-state index in [1.54, 1.807) is 0 Å². The number of rotatable bonds is 3. The van der Waals surface area contributed by atoms with Crippen LogP contribution in [0.3, 0.4) is 0 Å². The third-order valence-electron chi connectivity index (χ3n) is 3.79. The predicted molar refractivity (Wildman–Crippen MR) is 75.5 cm³/mol. The molecule has 2 aromatic rings. The first-order valence-electron chi connectivity index (χ1n) is 6.73. The van der Waals surface area contributed by atoms with Gasteiger partial charge in [-0.25, -0.2) is 0 Å². The first-order chi connectivity index (χ1) is 8.92. The van der Waals surface area contributed by atoms with Crippen LogP contribution in [0.1, 0.15) is 23.5 Å². The summed E-state index contributed by atoms with van der Waals surface area (Å²) in [7, 11) is 0. The highest BCUT2D eigenvalue weighted by Crippen LogP contribution is 2.27. The van der Waals surface area contributed by atoms with Gasteiger partial charge in [0.25, 0.3) is 0 Å². The van der Waals surface area contributed by atoms with Crippen molar-refractivity contribution in [2.24, 2.45) is 0 Å². The molecular weight excluding hydrogens is 218 g/mol. The van der Waals surface area contributed by atoms with E-state index in [1.165, 1.54) is 30.6 Å². The van der Waals surface area contributed by atoms with Crippen LogP contribution in [-0.2, 0) is 6.54 Å². The molecular formula is C17H19N. The van der Waals surface area contributed by atoms with Crippen molar-refractivity contribution >= 4 is 0 Å². The maximum atomic E-state index is 2.56. The number of likely N-dealkylation sites (tertiary alicyclic amines) is 1. The maximum Gasteiger partial charge on any atom is 0.0233 e. The molecule has 0 spiro atoms. The second-order valence-electron chi connectivity index (χ2n) is 5.12. The van der Waals surface area contributed by atoms with Gasteiger partial charge in [-0.1, -0.05) is 60.7 Å². The molecule has 1 fully saturated rings. The summed E-state index contributed by atoms with van der Waals surface area (Å²) in [6.07, 6.45) is 1.29. The lowest BCUT2D eigenvalue weighted by Crippen LogP contribution is -2.19. The van der Waals surface area contributed by atoms with E-state index in [-0.39, 0.29) is 0 Å². The van der Waals surface area contributed by atoms with Gasteiger partial charge in [0.15, 0.2) is 0 Å². The molecule has 0 radical (unpaired) electrons. The lowest BCUT2D eigenvalue weighted by atomic mass is 9.99. The Bertz CT molecular complexity index is 477. The van der Waals surface area contributed by atoms with Gasteiger partial charge in [-0.15, -0.1) is 0 Å². The predicted octanol–water partition coefficient (Wildman–Crippen LogP) is 3.68. The van der Waals surface area contributed by atoms with Gasteiger partial charge < -0.3 is 0 Å². The fraction of sp³-hybridized carbons (Fsp3) is 0.294. The summed E-state index contributed by atoms with van der Waals surface area (Å²) in [5, 5.41) is 0. The summed E-state index contributed by atoms with van der Waals surface area (Å²) in [6, 6.07) is 21.7. The highest BCUT2D eigenvalue weighted by Gasteiger charge is 2.23. The average molecular weight is 237 g/mol. The van der Waals surface area contributed by atoms with Crippen molar-refractivity contribution in [2.75, 3.05) is 13.1 Å². The van der Waals surface area contributed by atoms with Gasteiger partial charge in [-0.3, -0.25) is 4.90 Å². The molecule has 1 aliphatic rings. The summed E-state index contributed by atoms with van der Waals surface area (Å²) in [5.41, 5.74) is 2.92. The van der Waals surface area contributed by atoms with E-state index in [0.29, 0.717) is 0 Å². The van der Waals surface area contributed by atoms with Crippen molar-refractivity contribution < 1.29 is 0 Å².